The molecule has 0 radical (unpaired) electrons. The molecule has 0 N–H and O–H groups in total. The number of rotatable bonds is 3. The van der Waals surface area contributed by atoms with E-state index in [1.807, 2.05) is 20.0 Å². The molecule has 2 heterocycles. The summed E-state index contributed by atoms with van der Waals surface area (Å²) in [7, 11) is 1.89. The number of aryl methyl sites for hydroxylation is 2. The van der Waals surface area contributed by atoms with E-state index in [1.165, 1.54) is 0 Å². The molecule has 2 aromatic heterocycles. The third-order valence-corrected chi connectivity index (χ3v) is 2.60. The van der Waals surface area contributed by atoms with Crippen molar-refractivity contribution in [1.29, 1.82) is 0 Å². The Labute approximate surface area is 99.2 Å². The first-order chi connectivity index (χ1) is 7.61. The van der Waals surface area contributed by atoms with Gasteiger partial charge >= 0.3 is 0 Å². The van der Waals surface area contributed by atoms with Crippen LogP contribution in [0.1, 0.15) is 30.8 Å². The zero-order valence-electron chi connectivity index (χ0n) is 9.57. The van der Waals surface area contributed by atoms with Gasteiger partial charge in [0.2, 0.25) is 5.89 Å². The van der Waals surface area contributed by atoms with E-state index in [9.17, 15) is 0 Å². The van der Waals surface area contributed by atoms with Crippen LogP contribution in [-0.4, -0.2) is 14.8 Å². The van der Waals surface area contributed by atoms with Gasteiger partial charge in [-0.25, -0.2) is 4.98 Å². The highest BCUT2D eigenvalue weighted by molar-refractivity contribution is 6.20. The Bertz CT molecular complexity index is 487. The molecule has 0 saturated carbocycles. The van der Waals surface area contributed by atoms with E-state index in [1.54, 1.807) is 10.9 Å². The molecule has 2 aromatic rings. The molecule has 0 bridgehead atoms. The number of nitrogens with zero attached hydrogens (tertiary/aromatic N) is 3. The van der Waals surface area contributed by atoms with Crippen LogP contribution in [0, 0.1) is 0 Å². The van der Waals surface area contributed by atoms with Gasteiger partial charge in [-0.05, 0) is 19.4 Å². The Kier molecular flexibility index (Phi) is 3.01. The summed E-state index contributed by atoms with van der Waals surface area (Å²) in [6.07, 6.45) is 2.59. The average Bonchev–Trinajstić information content (AvgIpc) is 2.83. The normalized spacial score (nSPS) is 13.0. The first-order valence-corrected chi connectivity index (χ1v) is 5.68. The highest BCUT2D eigenvalue weighted by Gasteiger charge is 2.14. The van der Waals surface area contributed by atoms with E-state index in [0.717, 1.165) is 17.8 Å². The molecule has 4 nitrogen and oxygen atoms in total. The maximum Gasteiger partial charge on any atom is 0.212 e. The van der Waals surface area contributed by atoms with Crippen molar-refractivity contribution in [1.82, 2.24) is 14.8 Å². The fourth-order valence-electron chi connectivity index (χ4n) is 1.52. The standard InChI is InChI=1S/C11H14ClN3O/c1-4-8-5-9(15(3)14-8)10-6-13-11(16-10)7(2)12/h5-7H,4H2,1-3H3. The molecule has 0 aliphatic rings. The van der Waals surface area contributed by atoms with Crippen LogP contribution in [0.4, 0.5) is 0 Å². The van der Waals surface area contributed by atoms with E-state index in [-0.39, 0.29) is 5.38 Å². The zero-order chi connectivity index (χ0) is 11.7. The Morgan fingerprint density at radius 2 is 2.31 bits per heavy atom. The number of alkyl halides is 1. The van der Waals surface area contributed by atoms with Gasteiger partial charge in [0.1, 0.15) is 11.1 Å². The third kappa shape index (κ3) is 1.97. The molecule has 5 heteroatoms. The second kappa shape index (κ2) is 4.29. The van der Waals surface area contributed by atoms with Gasteiger partial charge in [0.15, 0.2) is 5.76 Å². The topological polar surface area (TPSA) is 43.9 Å². The van der Waals surface area contributed by atoms with E-state index < -0.39 is 0 Å². The van der Waals surface area contributed by atoms with Gasteiger partial charge < -0.3 is 4.42 Å². The highest BCUT2D eigenvalue weighted by atomic mass is 35.5. The summed E-state index contributed by atoms with van der Waals surface area (Å²) in [6, 6.07) is 2.00. The fourth-order valence-corrected chi connectivity index (χ4v) is 1.62. The zero-order valence-corrected chi connectivity index (χ0v) is 10.3. The monoisotopic (exact) mass is 239 g/mol. The van der Waals surface area contributed by atoms with Crippen LogP contribution in [-0.2, 0) is 13.5 Å². The van der Waals surface area contributed by atoms with Gasteiger partial charge in [0, 0.05) is 7.05 Å². The van der Waals surface area contributed by atoms with Crippen molar-refractivity contribution in [2.75, 3.05) is 0 Å². The molecule has 0 aliphatic heterocycles. The number of aromatic nitrogens is 3. The smallest absolute Gasteiger partial charge is 0.212 e. The van der Waals surface area contributed by atoms with E-state index in [0.29, 0.717) is 11.7 Å². The molecule has 1 unspecified atom stereocenters. The number of hydrogen-bond donors (Lipinski definition) is 0. The average molecular weight is 240 g/mol. The number of oxazole rings is 1. The number of hydrogen-bond acceptors (Lipinski definition) is 3. The van der Waals surface area contributed by atoms with Crippen molar-refractivity contribution in [3.05, 3.63) is 23.8 Å². The molecule has 1 atom stereocenters. The minimum absolute atomic E-state index is 0.215. The highest BCUT2D eigenvalue weighted by Crippen LogP contribution is 2.25. The largest absolute Gasteiger partial charge is 0.437 e. The SMILES string of the molecule is CCc1cc(-c2cnc(C(C)Cl)o2)n(C)n1. The van der Waals surface area contributed by atoms with Crippen molar-refractivity contribution in [2.24, 2.45) is 7.05 Å². The van der Waals surface area contributed by atoms with Crippen molar-refractivity contribution in [2.45, 2.75) is 25.6 Å². The van der Waals surface area contributed by atoms with Crippen LogP contribution in [0.2, 0.25) is 0 Å². The van der Waals surface area contributed by atoms with Crippen LogP contribution in [0.15, 0.2) is 16.7 Å². The molecular formula is C11H14ClN3O. The second-order valence-electron chi connectivity index (χ2n) is 3.68. The minimum Gasteiger partial charge on any atom is -0.437 e. The molecule has 0 saturated heterocycles. The lowest BCUT2D eigenvalue weighted by Crippen LogP contribution is -1.93. The Hall–Kier alpha value is -1.29. The van der Waals surface area contributed by atoms with Gasteiger partial charge in [-0.2, -0.15) is 5.10 Å². The Morgan fingerprint density at radius 1 is 1.56 bits per heavy atom. The maximum absolute atomic E-state index is 5.90. The van der Waals surface area contributed by atoms with Gasteiger partial charge in [0.25, 0.3) is 0 Å². The maximum atomic E-state index is 5.90. The summed E-state index contributed by atoms with van der Waals surface area (Å²) in [5, 5.41) is 4.14. The van der Waals surface area contributed by atoms with Crippen LogP contribution in [0.3, 0.4) is 0 Å². The second-order valence-corrected chi connectivity index (χ2v) is 4.33. The van der Waals surface area contributed by atoms with Crippen molar-refractivity contribution in [3.63, 3.8) is 0 Å². The fraction of sp³-hybridized carbons (Fsp3) is 0.455. The summed E-state index contributed by atoms with van der Waals surface area (Å²) < 4.78 is 7.36. The first kappa shape index (κ1) is 11.2. The van der Waals surface area contributed by atoms with Gasteiger partial charge in [-0.1, -0.05) is 6.92 Å². The molecule has 0 aliphatic carbocycles. The Balaban J connectivity index is 2.38. The summed E-state index contributed by atoms with van der Waals surface area (Å²) >= 11 is 5.90. The predicted octanol–water partition coefficient (Wildman–Crippen LogP) is 2.94. The summed E-state index contributed by atoms with van der Waals surface area (Å²) in [6.45, 7) is 3.90. The lowest BCUT2D eigenvalue weighted by Gasteiger charge is -1.96. The van der Waals surface area contributed by atoms with Gasteiger partial charge in [0.05, 0.1) is 11.9 Å². The molecule has 2 rings (SSSR count). The summed E-state index contributed by atoms with van der Waals surface area (Å²) in [5.41, 5.74) is 1.96. The van der Waals surface area contributed by atoms with Gasteiger partial charge in [-0.15, -0.1) is 11.6 Å². The van der Waals surface area contributed by atoms with Crippen LogP contribution >= 0.6 is 11.6 Å². The lowest BCUT2D eigenvalue weighted by molar-refractivity contribution is 0.503. The van der Waals surface area contributed by atoms with Crippen molar-refractivity contribution < 1.29 is 4.42 Å². The van der Waals surface area contributed by atoms with Crippen LogP contribution in [0.25, 0.3) is 11.5 Å². The van der Waals surface area contributed by atoms with Crippen molar-refractivity contribution in [3.8, 4) is 11.5 Å². The van der Waals surface area contributed by atoms with E-state index in [2.05, 4.69) is 17.0 Å². The number of halogens is 1. The van der Waals surface area contributed by atoms with Crippen LogP contribution < -0.4 is 0 Å². The molecule has 0 spiro atoms. The summed E-state index contributed by atoms with van der Waals surface area (Å²) in [4.78, 5) is 4.13. The van der Waals surface area contributed by atoms with E-state index in [4.69, 9.17) is 16.0 Å². The molecule has 0 aromatic carbocycles. The Morgan fingerprint density at radius 3 is 2.81 bits per heavy atom. The van der Waals surface area contributed by atoms with Crippen molar-refractivity contribution >= 4 is 11.6 Å². The quantitative estimate of drug-likeness (QED) is 0.774. The third-order valence-electron chi connectivity index (χ3n) is 2.41. The van der Waals surface area contributed by atoms with E-state index >= 15 is 0 Å². The lowest BCUT2D eigenvalue weighted by atomic mass is 10.3. The molecule has 86 valence electrons. The predicted molar refractivity (Wildman–Crippen MR) is 62.4 cm³/mol. The molecular weight excluding hydrogens is 226 g/mol. The van der Waals surface area contributed by atoms with Crippen LogP contribution in [0.5, 0.6) is 0 Å². The molecule has 0 fully saturated rings. The molecule has 0 amide bonds. The minimum atomic E-state index is -0.215. The summed E-state index contributed by atoms with van der Waals surface area (Å²) in [5.74, 6) is 1.24. The van der Waals surface area contributed by atoms with Gasteiger partial charge in [-0.3, -0.25) is 4.68 Å². The first-order valence-electron chi connectivity index (χ1n) is 5.25. The molecule has 16 heavy (non-hydrogen) atoms.